The number of ketones is 1. The number of hydrogen-bond donors (Lipinski definition) is 5. The number of alkyl carbamates (subject to hydrolysis) is 1. The summed E-state index contributed by atoms with van der Waals surface area (Å²) in [5.41, 5.74) is 11.7. The number of nitrogens with two attached hydrogens (primary N) is 2. The molecule has 16 nitrogen and oxygen atoms in total. The Balaban J connectivity index is 1.35. The van der Waals surface area contributed by atoms with Crippen LogP contribution in [-0.2, 0) is 31.0 Å². The Morgan fingerprint density at radius 3 is 2.60 bits per heavy atom. The van der Waals surface area contributed by atoms with Crippen molar-refractivity contribution in [3.63, 3.8) is 0 Å². The molecule has 0 radical (unpaired) electrons. The molecule has 7 N–H and O–H groups in total. The number of benzene rings is 1. The van der Waals surface area contributed by atoms with Gasteiger partial charge >= 0.3 is 12.2 Å². The maximum atomic E-state index is 13.3. The molecule has 2 bridgehead atoms. The van der Waals surface area contributed by atoms with Gasteiger partial charge in [-0.25, -0.2) is 9.59 Å². The summed E-state index contributed by atoms with van der Waals surface area (Å²) < 4.78 is 17.3. The average molecular weight is 701 g/mol. The number of guanidine groups is 1. The number of likely N-dealkylation sites (tertiary alicyclic amines) is 1. The molecule has 1 fully saturated rings. The van der Waals surface area contributed by atoms with Gasteiger partial charge in [-0.15, -0.1) is 0 Å². The number of nitrogens with one attached hydrogen (secondary N) is 3. The van der Waals surface area contributed by atoms with Crippen molar-refractivity contribution in [3.8, 4) is 11.5 Å². The molecule has 50 heavy (non-hydrogen) atoms. The molecular weight excluding hydrogens is 648 g/mol. The quantitative estimate of drug-likeness (QED) is 0.0984. The minimum atomic E-state index is -0.962. The topological polar surface area (TPSA) is 220 Å². The lowest BCUT2D eigenvalue weighted by molar-refractivity contribution is -0.128. The summed E-state index contributed by atoms with van der Waals surface area (Å²) in [5.74, 6) is -0.411. The van der Waals surface area contributed by atoms with Crippen molar-refractivity contribution < 1.29 is 38.2 Å². The van der Waals surface area contributed by atoms with Gasteiger partial charge in [-0.3, -0.25) is 19.4 Å². The monoisotopic (exact) mass is 700 g/mol. The molecule has 1 aliphatic carbocycles. The lowest BCUT2D eigenvalue weighted by Crippen LogP contribution is -2.51. The van der Waals surface area contributed by atoms with Crippen molar-refractivity contribution in [1.29, 1.82) is 0 Å². The maximum absolute atomic E-state index is 13.3. The Kier molecular flexibility index (Phi) is 12.2. The molecule has 3 aliphatic rings. The minimum absolute atomic E-state index is 0.0544. The smallest absolute Gasteiger partial charge is 0.415 e. The van der Waals surface area contributed by atoms with Crippen LogP contribution < -0.4 is 36.9 Å². The third kappa shape index (κ3) is 9.14. The number of aliphatic imine (C=N–C) groups is 1. The molecule has 1 saturated heterocycles. The Morgan fingerprint density at radius 1 is 1.18 bits per heavy atom. The summed E-state index contributed by atoms with van der Waals surface area (Å²) in [6, 6.07) is 3.04. The average Bonchev–Trinajstić information content (AvgIpc) is 3.50. The van der Waals surface area contributed by atoms with Crippen molar-refractivity contribution >= 4 is 35.7 Å². The predicted octanol–water partition coefficient (Wildman–Crippen LogP) is 0.925. The zero-order valence-electron chi connectivity index (χ0n) is 29.9. The van der Waals surface area contributed by atoms with Crippen LogP contribution in [0.5, 0.6) is 11.5 Å². The second-order valence-electron chi connectivity index (χ2n) is 14.3. The van der Waals surface area contributed by atoms with Gasteiger partial charge in [0.1, 0.15) is 18.2 Å². The van der Waals surface area contributed by atoms with E-state index in [0.717, 1.165) is 30.4 Å². The Bertz CT molecular complexity index is 1490. The van der Waals surface area contributed by atoms with Crippen LogP contribution in [-0.4, -0.2) is 116 Å². The van der Waals surface area contributed by atoms with Gasteiger partial charge in [-0.05, 0) is 71.6 Å². The van der Waals surface area contributed by atoms with Gasteiger partial charge < -0.3 is 51.4 Å². The lowest BCUT2D eigenvalue weighted by Gasteiger charge is -2.32. The number of Topliss-reactive ketones (excluding diaryl/α,β-unsaturated/α-hetero) is 1. The Hall–Kier alpha value is -4.60. The van der Waals surface area contributed by atoms with E-state index in [1.165, 1.54) is 11.9 Å². The first-order chi connectivity index (χ1) is 23.5. The molecule has 4 amide bonds. The van der Waals surface area contributed by atoms with E-state index in [9.17, 15) is 24.0 Å². The molecule has 4 rings (SSSR count). The summed E-state index contributed by atoms with van der Waals surface area (Å²) >= 11 is 0. The van der Waals surface area contributed by atoms with E-state index in [1.807, 2.05) is 13.0 Å². The first kappa shape index (κ1) is 38.2. The molecular formula is C34H52N8O8. The first-order valence-electron chi connectivity index (χ1n) is 17.1. The molecule has 276 valence electrons. The van der Waals surface area contributed by atoms with Crippen molar-refractivity contribution in [2.75, 3.05) is 46.8 Å². The molecule has 1 spiro atoms. The zero-order chi connectivity index (χ0) is 36.8. The number of hydrogen-bond acceptors (Lipinski definition) is 10. The molecule has 0 aromatic heterocycles. The van der Waals surface area contributed by atoms with Crippen LogP contribution in [0.3, 0.4) is 0 Å². The number of rotatable bonds is 15. The molecule has 2 heterocycles. The third-order valence-corrected chi connectivity index (χ3v) is 9.09. The molecule has 1 aromatic carbocycles. The van der Waals surface area contributed by atoms with E-state index < -0.39 is 53.7 Å². The predicted molar refractivity (Wildman–Crippen MR) is 185 cm³/mol. The van der Waals surface area contributed by atoms with Gasteiger partial charge in [-0.2, -0.15) is 0 Å². The van der Waals surface area contributed by atoms with E-state index in [4.69, 9.17) is 25.7 Å². The van der Waals surface area contributed by atoms with E-state index >= 15 is 0 Å². The molecule has 16 heteroatoms. The maximum Gasteiger partial charge on any atom is 0.415 e. The molecule has 2 aliphatic heterocycles. The van der Waals surface area contributed by atoms with Gasteiger partial charge in [-0.1, -0.05) is 13.0 Å². The molecule has 0 saturated carbocycles. The lowest BCUT2D eigenvalue weighted by atomic mass is 9.68. The number of amides is 4. The standard InChI is InChI=1S/C34H52N8O8/c1-7-9-23(43)28-34-17-21(42(6)19-34)16-20-11-12-24(27(49-28)26(20)34)48-32(47)41(5)15-14-37-29(45)22(10-8-13-38-30(35)36)40-25(44)18-39-31(46)50-33(2,3)4/h11-12,21-22,28H,7-10,13-19H2,1-6H3,(H,37,45)(H,39,46)(H,40,44)(H4,35,36,38)/t21-,22+,28?,34-/m1/s1. The SMILES string of the molecule is CCCC(=O)C1Oc2c(OC(=O)N(C)CCNC(=O)[C@H](CCCN=C(N)N)NC(=O)CNC(=O)OC(C)(C)C)ccc3c2[C@]12C[C@@H](C3)N(C)C2. The summed E-state index contributed by atoms with van der Waals surface area (Å²) in [6.07, 6.45) is 1.32. The second-order valence-corrected chi connectivity index (χ2v) is 14.3. The Labute approximate surface area is 293 Å². The van der Waals surface area contributed by atoms with Crippen LogP contribution in [0, 0.1) is 0 Å². The second kappa shape index (κ2) is 16.0. The highest BCUT2D eigenvalue weighted by Crippen LogP contribution is 2.58. The van der Waals surface area contributed by atoms with Crippen LogP contribution in [0.15, 0.2) is 17.1 Å². The largest absolute Gasteiger partial charge is 0.477 e. The number of carbonyl (C=O) groups excluding carboxylic acids is 5. The van der Waals surface area contributed by atoms with E-state index in [1.54, 1.807) is 26.8 Å². The van der Waals surface area contributed by atoms with Crippen LogP contribution in [0.2, 0.25) is 0 Å². The highest BCUT2D eigenvalue weighted by molar-refractivity contribution is 5.90. The highest BCUT2D eigenvalue weighted by Gasteiger charge is 2.61. The fourth-order valence-corrected chi connectivity index (χ4v) is 6.92. The fraction of sp³-hybridized carbons (Fsp3) is 0.647. The van der Waals surface area contributed by atoms with Crippen molar-refractivity contribution in [1.82, 2.24) is 25.8 Å². The van der Waals surface area contributed by atoms with Crippen LogP contribution in [0.1, 0.15) is 70.9 Å². The number of fused-ring (bicyclic) bond motifs is 1. The number of likely N-dealkylation sites (N-methyl/N-ethyl adjacent to an activating group) is 2. The Morgan fingerprint density at radius 2 is 1.92 bits per heavy atom. The van der Waals surface area contributed by atoms with Crippen LogP contribution in [0.4, 0.5) is 9.59 Å². The fourth-order valence-electron chi connectivity index (χ4n) is 6.92. The number of ether oxygens (including phenoxy) is 3. The first-order valence-corrected chi connectivity index (χ1v) is 17.1. The molecule has 1 aromatic rings. The molecule has 1 unspecified atom stereocenters. The summed E-state index contributed by atoms with van der Waals surface area (Å²) in [6.45, 7) is 7.74. The van der Waals surface area contributed by atoms with Crippen molar-refractivity contribution in [3.05, 3.63) is 23.3 Å². The highest BCUT2D eigenvalue weighted by atomic mass is 16.6. The van der Waals surface area contributed by atoms with Crippen LogP contribution >= 0.6 is 0 Å². The summed E-state index contributed by atoms with van der Waals surface area (Å²) in [7, 11) is 3.61. The van der Waals surface area contributed by atoms with E-state index in [0.29, 0.717) is 31.2 Å². The number of nitrogens with zero attached hydrogens (tertiary/aromatic N) is 3. The van der Waals surface area contributed by atoms with E-state index in [2.05, 4.69) is 32.9 Å². The van der Waals surface area contributed by atoms with Gasteiger partial charge in [0.15, 0.2) is 29.3 Å². The van der Waals surface area contributed by atoms with Crippen molar-refractivity contribution in [2.45, 2.75) is 95.4 Å². The normalized spacial score (nSPS) is 20.8. The van der Waals surface area contributed by atoms with Crippen molar-refractivity contribution in [2.24, 2.45) is 16.5 Å². The zero-order valence-corrected chi connectivity index (χ0v) is 29.9. The third-order valence-electron chi connectivity index (χ3n) is 9.09. The van der Waals surface area contributed by atoms with Gasteiger partial charge in [0, 0.05) is 51.3 Å². The minimum Gasteiger partial charge on any atom is -0.477 e. The van der Waals surface area contributed by atoms with E-state index in [-0.39, 0.29) is 43.5 Å². The summed E-state index contributed by atoms with van der Waals surface area (Å²) in [4.78, 5) is 71.6. The van der Waals surface area contributed by atoms with Gasteiger partial charge in [0.05, 0.1) is 5.41 Å². The summed E-state index contributed by atoms with van der Waals surface area (Å²) in [5, 5.41) is 7.71. The van der Waals surface area contributed by atoms with Gasteiger partial charge in [0.2, 0.25) is 11.8 Å². The number of carbonyl (C=O) groups is 5. The molecule has 4 atom stereocenters. The van der Waals surface area contributed by atoms with Crippen LogP contribution in [0.25, 0.3) is 0 Å². The van der Waals surface area contributed by atoms with Gasteiger partial charge in [0.25, 0.3) is 0 Å².